The van der Waals surface area contributed by atoms with Gasteiger partial charge in [0.25, 0.3) is 5.91 Å². The fourth-order valence-corrected chi connectivity index (χ4v) is 6.53. The zero-order valence-corrected chi connectivity index (χ0v) is 22.2. The van der Waals surface area contributed by atoms with Gasteiger partial charge in [0.1, 0.15) is 0 Å². The van der Waals surface area contributed by atoms with Gasteiger partial charge in [-0.1, -0.05) is 55.8 Å². The molecule has 4 N–H and O–H groups in total. The van der Waals surface area contributed by atoms with Crippen LogP contribution in [0, 0.1) is 12.8 Å². The van der Waals surface area contributed by atoms with Gasteiger partial charge >= 0.3 is 0 Å². The molecule has 1 heterocycles. The second kappa shape index (κ2) is 11.0. The van der Waals surface area contributed by atoms with Crippen molar-refractivity contribution < 1.29 is 18.0 Å². The van der Waals surface area contributed by atoms with E-state index in [-0.39, 0.29) is 28.7 Å². The van der Waals surface area contributed by atoms with E-state index in [0.717, 1.165) is 12.0 Å². The van der Waals surface area contributed by atoms with E-state index in [4.69, 9.17) is 5.73 Å². The summed E-state index contributed by atoms with van der Waals surface area (Å²) in [5, 5.41) is 4.10. The Morgan fingerprint density at radius 1 is 1.05 bits per heavy atom. The zero-order valence-electron chi connectivity index (χ0n) is 21.4. The van der Waals surface area contributed by atoms with Crippen molar-refractivity contribution in [2.75, 3.05) is 18.4 Å². The quantitative estimate of drug-likeness (QED) is 0.437. The Morgan fingerprint density at radius 2 is 1.73 bits per heavy atom. The minimum Gasteiger partial charge on any atom is -0.341 e. The number of hydrogen-bond acceptors (Lipinski definition) is 5. The molecule has 1 saturated heterocycles. The molecule has 0 saturated carbocycles. The van der Waals surface area contributed by atoms with Crippen molar-refractivity contribution in [2.24, 2.45) is 11.7 Å². The smallest absolute Gasteiger partial charge is 0.255 e. The van der Waals surface area contributed by atoms with Crippen LogP contribution in [-0.2, 0) is 14.8 Å². The number of anilines is 1. The highest BCUT2D eigenvalue weighted by molar-refractivity contribution is 7.89. The number of piperidine rings is 1. The van der Waals surface area contributed by atoms with Gasteiger partial charge in [-0.15, -0.1) is 0 Å². The normalized spacial score (nSPS) is 19.0. The molecule has 1 fully saturated rings. The van der Waals surface area contributed by atoms with E-state index in [9.17, 15) is 18.0 Å². The molecule has 196 valence electrons. The van der Waals surface area contributed by atoms with Crippen LogP contribution < -0.4 is 15.8 Å². The molecule has 0 bridgehead atoms. The minimum atomic E-state index is -3.88. The number of likely N-dealkylation sites (tertiary alicyclic amines) is 1. The number of nitrogens with zero attached hydrogens (tertiary/aromatic N) is 1. The van der Waals surface area contributed by atoms with Crippen LogP contribution in [0.25, 0.3) is 10.8 Å². The van der Waals surface area contributed by atoms with Gasteiger partial charge in [0, 0.05) is 41.2 Å². The molecule has 3 atom stereocenters. The van der Waals surface area contributed by atoms with Gasteiger partial charge in [-0.05, 0) is 49.9 Å². The largest absolute Gasteiger partial charge is 0.341 e. The van der Waals surface area contributed by atoms with Gasteiger partial charge in [0.2, 0.25) is 15.9 Å². The Morgan fingerprint density at radius 3 is 2.41 bits per heavy atom. The predicted molar refractivity (Wildman–Crippen MR) is 146 cm³/mol. The van der Waals surface area contributed by atoms with Gasteiger partial charge in [0.15, 0.2) is 0 Å². The topological polar surface area (TPSA) is 122 Å². The average Bonchev–Trinajstić information content (AvgIpc) is 2.88. The molecule has 0 spiro atoms. The molecule has 3 aromatic carbocycles. The summed E-state index contributed by atoms with van der Waals surface area (Å²) in [6.07, 6.45) is 1.24. The molecule has 8 nitrogen and oxygen atoms in total. The molecular weight excluding hydrogens is 488 g/mol. The number of nitrogens with two attached hydrogens (primary N) is 1. The standard InChI is InChI=1S/C28H34N4O4S/c1-4-20-17-32(28(34)19(3)29)16-15-24(20)31-37(35,36)26-14-13-25(22-11-7-8-12-23(22)26)30-27(33)21-10-6-5-9-18(21)2/h5-14,19-20,24,31H,4,15-17,29H2,1-3H3,(H,30,33)/t19-,20-,24+/m0/s1. The minimum absolute atomic E-state index is 0.0230. The third-order valence-electron chi connectivity index (χ3n) is 7.08. The lowest BCUT2D eigenvalue weighted by Crippen LogP contribution is -2.54. The van der Waals surface area contributed by atoms with Crippen LogP contribution in [0.4, 0.5) is 5.69 Å². The van der Waals surface area contributed by atoms with E-state index in [1.54, 1.807) is 42.2 Å². The molecule has 0 unspecified atom stereocenters. The molecule has 1 aliphatic rings. The lowest BCUT2D eigenvalue weighted by Gasteiger charge is -2.39. The summed E-state index contributed by atoms with van der Waals surface area (Å²) in [5.74, 6) is -0.393. The molecule has 1 aliphatic heterocycles. The lowest BCUT2D eigenvalue weighted by atomic mass is 9.90. The summed E-state index contributed by atoms with van der Waals surface area (Å²) in [7, 11) is -3.88. The first-order valence-electron chi connectivity index (χ1n) is 12.6. The number of fused-ring (bicyclic) bond motifs is 1. The van der Waals surface area contributed by atoms with Crippen molar-refractivity contribution >= 4 is 38.3 Å². The molecule has 0 aliphatic carbocycles. The second-order valence-corrected chi connectivity index (χ2v) is 11.4. The molecule has 0 aromatic heterocycles. The monoisotopic (exact) mass is 522 g/mol. The van der Waals surface area contributed by atoms with Gasteiger partial charge in [-0.2, -0.15) is 0 Å². The summed E-state index contributed by atoms with van der Waals surface area (Å²) in [6.45, 7) is 6.45. The first-order chi connectivity index (χ1) is 17.6. The SMILES string of the molecule is CC[C@H]1CN(C(=O)[C@H](C)N)CC[C@H]1NS(=O)(=O)c1ccc(NC(=O)c2ccccc2C)c2ccccc12. The number of sulfonamides is 1. The fourth-order valence-electron chi connectivity index (χ4n) is 4.98. The van der Waals surface area contributed by atoms with Crippen LogP contribution in [0.1, 0.15) is 42.6 Å². The highest BCUT2D eigenvalue weighted by Gasteiger charge is 2.34. The first-order valence-corrected chi connectivity index (χ1v) is 14.1. The number of carbonyl (C=O) groups is 2. The summed E-state index contributed by atoms with van der Waals surface area (Å²) in [5.41, 5.74) is 7.72. The van der Waals surface area contributed by atoms with Crippen LogP contribution >= 0.6 is 0 Å². The van der Waals surface area contributed by atoms with E-state index < -0.39 is 16.1 Å². The van der Waals surface area contributed by atoms with Crippen LogP contribution in [0.15, 0.2) is 65.6 Å². The van der Waals surface area contributed by atoms with Crippen molar-refractivity contribution in [3.05, 3.63) is 71.8 Å². The number of aryl methyl sites for hydroxylation is 1. The zero-order chi connectivity index (χ0) is 26.7. The number of benzene rings is 3. The van der Waals surface area contributed by atoms with E-state index in [0.29, 0.717) is 41.5 Å². The Bertz CT molecular complexity index is 1420. The van der Waals surface area contributed by atoms with E-state index in [1.807, 2.05) is 38.1 Å². The number of amides is 2. The van der Waals surface area contributed by atoms with Crippen LogP contribution in [-0.4, -0.2) is 50.3 Å². The Labute approximate surface area is 218 Å². The number of nitrogens with one attached hydrogen (secondary N) is 2. The average molecular weight is 523 g/mol. The van der Waals surface area contributed by atoms with Crippen molar-refractivity contribution in [2.45, 2.75) is 50.6 Å². The van der Waals surface area contributed by atoms with Crippen LogP contribution in [0.5, 0.6) is 0 Å². The van der Waals surface area contributed by atoms with Crippen molar-refractivity contribution in [1.29, 1.82) is 0 Å². The highest BCUT2D eigenvalue weighted by atomic mass is 32.2. The van der Waals surface area contributed by atoms with E-state index in [1.165, 1.54) is 6.07 Å². The molecule has 2 amide bonds. The molecule has 0 radical (unpaired) electrons. The maximum atomic E-state index is 13.6. The van der Waals surface area contributed by atoms with E-state index >= 15 is 0 Å². The third kappa shape index (κ3) is 5.69. The Balaban J connectivity index is 1.60. The van der Waals surface area contributed by atoms with Gasteiger partial charge in [-0.3, -0.25) is 9.59 Å². The molecule has 37 heavy (non-hydrogen) atoms. The number of carbonyl (C=O) groups excluding carboxylic acids is 2. The van der Waals surface area contributed by atoms with Crippen LogP contribution in [0.2, 0.25) is 0 Å². The second-order valence-electron chi connectivity index (χ2n) is 9.68. The number of hydrogen-bond donors (Lipinski definition) is 3. The predicted octanol–water partition coefficient (Wildman–Crippen LogP) is 3.65. The third-order valence-corrected chi connectivity index (χ3v) is 8.63. The Hall–Kier alpha value is -3.27. The fraction of sp³-hybridized carbons (Fsp3) is 0.357. The molecule has 4 rings (SSSR count). The van der Waals surface area contributed by atoms with Crippen molar-refractivity contribution in [1.82, 2.24) is 9.62 Å². The molecule has 9 heteroatoms. The van der Waals surface area contributed by atoms with E-state index in [2.05, 4.69) is 10.0 Å². The maximum absolute atomic E-state index is 13.6. The Kier molecular flexibility index (Phi) is 7.96. The van der Waals surface area contributed by atoms with Gasteiger partial charge < -0.3 is 16.0 Å². The van der Waals surface area contributed by atoms with Crippen molar-refractivity contribution in [3.63, 3.8) is 0 Å². The summed E-state index contributed by atoms with van der Waals surface area (Å²) in [4.78, 5) is 27.2. The first kappa shape index (κ1) is 26.8. The van der Waals surface area contributed by atoms with Gasteiger partial charge in [-0.25, -0.2) is 13.1 Å². The number of rotatable bonds is 7. The molecule has 3 aromatic rings. The highest BCUT2D eigenvalue weighted by Crippen LogP contribution is 2.31. The maximum Gasteiger partial charge on any atom is 0.255 e. The molecular formula is C28H34N4O4S. The van der Waals surface area contributed by atoms with Crippen LogP contribution in [0.3, 0.4) is 0 Å². The van der Waals surface area contributed by atoms with Gasteiger partial charge in [0.05, 0.1) is 10.9 Å². The van der Waals surface area contributed by atoms with Crippen molar-refractivity contribution in [3.8, 4) is 0 Å². The summed E-state index contributed by atoms with van der Waals surface area (Å²) < 4.78 is 30.1. The summed E-state index contributed by atoms with van der Waals surface area (Å²) in [6, 6.07) is 16.7. The lowest BCUT2D eigenvalue weighted by molar-refractivity contribution is -0.134. The summed E-state index contributed by atoms with van der Waals surface area (Å²) >= 11 is 0.